The molecule has 1 spiro atoms. The predicted octanol–water partition coefficient (Wildman–Crippen LogP) is 16.7. The van der Waals surface area contributed by atoms with Crippen LogP contribution in [-0.4, -0.2) is 4.57 Å². The Morgan fingerprint density at radius 1 is 0.388 bits per heavy atom. The lowest BCUT2D eigenvalue weighted by atomic mass is 9.66. The molecule has 11 aromatic rings. The number of rotatable bonds is 5. The largest absolute Gasteiger partial charge is 0.454 e. The van der Waals surface area contributed by atoms with Crippen molar-refractivity contribution in [3.8, 4) is 50.6 Å². The number of para-hydroxylation sites is 2. The molecule has 0 atom stereocenters. The molecule has 0 radical (unpaired) electrons. The maximum absolute atomic E-state index is 7.27. The molecule has 0 unspecified atom stereocenters. The Hall–Kier alpha value is -8.40. The first-order valence-corrected chi connectivity index (χ1v) is 23.3. The topological polar surface area (TPSA) is 17.4 Å². The van der Waals surface area contributed by atoms with Crippen LogP contribution in [0.5, 0.6) is 11.5 Å². The number of nitrogens with zero attached hydrogens (tertiary/aromatic N) is 2. The van der Waals surface area contributed by atoms with Crippen LogP contribution in [0.1, 0.15) is 47.2 Å². The number of fused-ring (bicyclic) bond motifs is 16. The van der Waals surface area contributed by atoms with E-state index >= 15 is 0 Å². The van der Waals surface area contributed by atoms with E-state index in [0.717, 1.165) is 56.2 Å². The van der Waals surface area contributed by atoms with Crippen molar-refractivity contribution in [2.75, 3.05) is 4.90 Å². The summed E-state index contributed by atoms with van der Waals surface area (Å²) in [4.78, 5) is 2.41. The summed E-state index contributed by atoms with van der Waals surface area (Å²) in [5, 5.41) is 2.35. The number of hydrogen-bond donors (Lipinski definition) is 0. The van der Waals surface area contributed by atoms with Gasteiger partial charge in [0, 0.05) is 50.1 Å². The maximum atomic E-state index is 7.27. The summed E-state index contributed by atoms with van der Waals surface area (Å²) in [5.74, 6) is 1.78. The molecule has 2 aliphatic carbocycles. The molecule has 67 heavy (non-hydrogen) atoms. The van der Waals surface area contributed by atoms with Crippen LogP contribution >= 0.6 is 0 Å². The lowest BCUT2D eigenvalue weighted by Crippen LogP contribution is -2.32. The molecule has 0 amide bonds. The Labute approximate surface area is 390 Å². The lowest BCUT2D eigenvalue weighted by molar-refractivity contribution is 0.440. The summed E-state index contributed by atoms with van der Waals surface area (Å²) in [5.41, 5.74) is 21.1. The fraction of sp³-hybridized carbons (Fsp3) is 0.0625. The van der Waals surface area contributed by atoms with Gasteiger partial charge in [-0.15, -0.1) is 0 Å². The second-order valence-electron chi connectivity index (χ2n) is 18.8. The maximum Gasteiger partial charge on any atom is 0.156 e. The van der Waals surface area contributed by atoms with Crippen LogP contribution in [0.25, 0.3) is 60.9 Å². The first-order chi connectivity index (χ1) is 33.0. The van der Waals surface area contributed by atoms with E-state index in [0.29, 0.717) is 0 Å². The highest BCUT2D eigenvalue weighted by atomic mass is 16.5. The zero-order chi connectivity index (χ0) is 44.4. The average Bonchev–Trinajstić information content (AvgIpc) is 3.96. The quantitative estimate of drug-likeness (QED) is 0.172. The highest BCUT2D eigenvalue weighted by molar-refractivity contribution is 6.12. The van der Waals surface area contributed by atoms with E-state index in [1.54, 1.807) is 0 Å². The molecular formula is C64H44N2O. The van der Waals surface area contributed by atoms with Gasteiger partial charge in [-0.2, -0.15) is 0 Å². The van der Waals surface area contributed by atoms with Crippen LogP contribution in [0.2, 0.25) is 0 Å². The van der Waals surface area contributed by atoms with Gasteiger partial charge in [-0.1, -0.05) is 184 Å². The summed E-state index contributed by atoms with van der Waals surface area (Å²) < 4.78 is 9.69. The van der Waals surface area contributed by atoms with E-state index in [2.05, 4.69) is 254 Å². The number of aromatic nitrogens is 1. The van der Waals surface area contributed by atoms with Crippen molar-refractivity contribution in [1.82, 2.24) is 4.57 Å². The van der Waals surface area contributed by atoms with Crippen LogP contribution in [0, 0.1) is 0 Å². The molecule has 2 heterocycles. The molecule has 0 fully saturated rings. The molecule has 10 aromatic carbocycles. The van der Waals surface area contributed by atoms with Crippen molar-refractivity contribution in [1.29, 1.82) is 0 Å². The van der Waals surface area contributed by atoms with Crippen molar-refractivity contribution in [3.05, 3.63) is 264 Å². The number of ether oxygens (including phenoxy) is 1. The molecule has 316 valence electrons. The lowest BCUT2D eigenvalue weighted by Gasteiger charge is -2.39. The first kappa shape index (κ1) is 37.9. The SMILES string of the molecule is CC1(C)c2ccccc2-c2ccc(N(c3ccc(-c4ccccc4)cc3)c3ccc(-n4c5ccccc5c5ccc6c(c54)Oc4ccccc4C64c5ccccc5-c5ccccc54)cc3)cc21. The Morgan fingerprint density at radius 2 is 0.925 bits per heavy atom. The number of hydrogen-bond acceptors (Lipinski definition) is 2. The standard InChI is InChI=1S/C64H44N2O/c1-63(2)53-22-10-6-18-47(53)50-37-36-46(40-58(50)63)65(43-30-28-42(29-31-43)41-16-4-3-5-17-41)44-32-34-45(35-33-44)66-59-26-14-9-21-51(59)52-38-39-57-62(61(52)66)67-60-27-15-13-25-56(60)64(57)54-23-11-7-19-48(54)49-20-8-12-24-55(49)64/h3-40H,1-2H3. The first-order valence-electron chi connectivity index (χ1n) is 23.3. The molecule has 0 saturated carbocycles. The van der Waals surface area contributed by atoms with Crippen molar-refractivity contribution >= 4 is 38.9 Å². The smallest absolute Gasteiger partial charge is 0.156 e. The van der Waals surface area contributed by atoms with Gasteiger partial charge < -0.3 is 14.2 Å². The zero-order valence-corrected chi connectivity index (χ0v) is 37.2. The molecular weight excluding hydrogens is 813 g/mol. The molecule has 1 aliphatic heterocycles. The fourth-order valence-corrected chi connectivity index (χ4v) is 12.1. The summed E-state index contributed by atoms with van der Waals surface area (Å²) in [6.07, 6.45) is 0. The van der Waals surface area contributed by atoms with Crippen LogP contribution < -0.4 is 9.64 Å². The van der Waals surface area contributed by atoms with Gasteiger partial charge in [0.2, 0.25) is 0 Å². The summed E-state index contributed by atoms with van der Waals surface area (Å²) >= 11 is 0. The van der Waals surface area contributed by atoms with E-state index in [-0.39, 0.29) is 5.41 Å². The average molecular weight is 857 g/mol. The normalized spacial score (nSPS) is 14.2. The van der Waals surface area contributed by atoms with E-state index in [9.17, 15) is 0 Å². The van der Waals surface area contributed by atoms with Crippen molar-refractivity contribution in [3.63, 3.8) is 0 Å². The van der Waals surface area contributed by atoms with Gasteiger partial charge in [0.1, 0.15) is 5.75 Å². The Kier molecular flexibility index (Phi) is 7.95. The Balaban J connectivity index is 0.964. The van der Waals surface area contributed by atoms with Crippen LogP contribution in [0.4, 0.5) is 17.1 Å². The van der Waals surface area contributed by atoms with Gasteiger partial charge >= 0.3 is 0 Å². The van der Waals surface area contributed by atoms with E-state index in [1.165, 1.54) is 66.6 Å². The highest BCUT2D eigenvalue weighted by Gasteiger charge is 2.51. The monoisotopic (exact) mass is 856 g/mol. The minimum atomic E-state index is -0.556. The van der Waals surface area contributed by atoms with Crippen LogP contribution in [0.3, 0.4) is 0 Å². The third kappa shape index (κ3) is 5.23. The third-order valence-electron chi connectivity index (χ3n) is 15.1. The molecule has 0 N–H and O–H groups in total. The molecule has 14 rings (SSSR count). The van der Waals surface area contributed by atoms with Gasteiger partial charge in [-0.05, 0) is 116 Å². The van der Waals surface area contributed by atoms with Gasteiger partial charge in [-0.3, -0.25) is 0 Å². The number of anilines is 3. The summed E-state index contributed by atoms with van der Waals surface area (Å²) in [6.45, 7) is 4.71. The van der Waals surface area contributed by atoms with Crippen molar-refractivity contribution in [2.24, 2.45) is 0 Å². The predicted molar refractivity (Wildman–Crippen MR) is 276 cm³/mol. The summed E-state index contributed by atoms with van der Waals surface area (Å²) in [7, 11) is 0. The van der Waals surface area contributed by atoms with Gasteiger partial charge in [-0.25, -0.2) is 0 Å². The second-order valence-corrected chi connectivity index (χ2v) is 18.8. The minimum Gasteiger partial charge on any atom is -0.454 e. The summed E-state index contributed by atoms with van der Waals surface area (Å²) in [6, 6.07) is 84.7. The van der Waals surface area contributed by atoms with E-state index < -0.39 is 5.41 Å². The van der Waals surface area contributed by atoms with E-state index in [4.69, 9.17) is 4.74 Å². The zero-order valence-electron chi connectivity index (χ0n) is 37.2. The van der Waals surface area contributed by atoms with Crippen LogP contribution in [-0.2, 0) is 10.8 Å². The van der Waals surface area contributed by atoms with Gasteiger partial charge in [0.15, 0.2) is 5.75 Å². The minimum absolute atomic E-state index is 0.131. The van der Waals surface area contributed by atoms with Crippen molar-refractivity contribution < 1.29 is 4.74 Å². The molecule has 3 aliphatic rings. The molecule has 3 heteroatoms. The van der Waals surface area contributed by atoms with Crippen LogP contribution in [0.15, 0.2) is 231 Å². The fourth-order valence-electron chi connectivity index (χ4n) is 12.1. The molecule has 0 saturated heterocycles. The Morgan fingerprint density at radius 3 is 1.64 bits per heavy atom. The second kappa shape index (κ2) is 14.1. The molecule has 3 nitrogen and oxygen atoms in total. The van der Waals surface area contributed by atoms with Crippen molar-refractivity contribution in [2.45, 2.75) is 24.7 Å². The Bertz CT molecular complexity index is 3760. The molecule has 1 aromatic heterocycles. The van der Waals surface area contributed by atoms with E-state index in [1.807, 2.05) is 0 Å². The van der Waals surface area contributed by atoms with Gasteiger partial charge in [0.25, 0.3) is 0 Å². The highest BCUT2D eigenvalue weighted by Crippen LogP contribution is 2.63. The van der Waals surface area contributed by atoms with Gasteiger partial charge in [0.05, 0.1) is 16.4 Å². The number of benzene rings is 10. The third-order valence-corrected chi connectivity index (χ3v) is 15.1. The molecule has 0 bridgehead atoms.